The number of benzene rings is 1. The summed E-state index contributed by atoms with van der Waals surface area (Å²) in [5.74, 6) is 0.606. The zero-order valence-electron chi connectivity index (χ0n) is 12.5. The monoisotopic (exact) mass is 431 g/mol. The fraction of sp³-hybridized carbons (Fsp3) is 0.500. The second-order valence-corrected chi connectivity index (χ2v) is 4.31. The van der Waals surface area contributed by atoms with Crippen LogP contribution < -0.4 is 10.6 Å². The van der Waals surface area contributed by atoms with Crippen LogP contribution in [0.5, 0.6) is 0 Å². The molecule has 0 amide bonds. The fourth-order valence-electron chi connectivity index (χ4n) is 1.58. The van der Waals surface area contributed by atoms with E-state index >= 15 is 0 Å². The molecule has 0 atom stereocenters. The standard InChI is InChI=1S/C14H20F3N3O.HI/c1-3-18-13(19-8-9-21-2)20-10-11-4-6-12(7-5-11)14(15,16)17;/h4-7H,3,8-10H2,1-2H3,(H2,18,19,20);1H. The summed E-state index contributed by atoms with van der Waals surface area (Å²) < 4.78 is 42.3. The third-order valence-corrected chi connectivity index (χ3v) is 2.64. The number of ether oxygens (including phenoxy) is 1. The lowest BCUT2D eigenvalue weighted by molar-refractivity contribution is -0.137. The summed E-state index contributed by atoms with van der Waals surface area (Å²) >= 11 is 0. The van der Waals surface area contributed by atoms with Crippen molar-refractivity contribution in [2.24, 2.45) is 4.99 Å². The molecule has 4 nitrogen and oxygen atoms in total. The predicted molar refractivity (Wildman–Crippen MR) is 91.6 cm³/mol. The molecule has 126 valence electrons. The van der Waals surface area contributed by atoms with Crippen LogP contribution in [0.25, 0.3) is 0 Å². The number of hydrogen-bond donors (Lipinski definition) is 2. The van der Waals surface area contributed by atoms with E-state index in [2.05, 4.69) is 15.6 Å². The summed E-state index contributed by atoms with van der Waals surface area (Å²) in [5, 5.41) is 6.11. The minimum Gasteiger partial charge on any atom is -0.383 e. The topological polar surface area (TPSA) is 45.7 Å². The molecule has 0 unspecified atom stereocenters. The first kappa shape index (κ1) is 21.0. The van der Waals surface area contributed by atoms with Crippen LogP contribution in [-0.4, -0.2) is 32.8 Å². The fourth-order valence-corrected chi connectivity index (χ4v) is 1.58. The lowest BCUT2D eigenvalue weighted by Gasteiger charge is -2.11. The van der Waals surface area contributed by atoms with Crippen molar-refractivity contribution < 1.29 is 17.9 Å². The van der Waals surface area contributed by atoms with Gasteiger partial charge in [-0.2, -0.15) is 13.2 Å². The van der Waals surface area contributed by atoms with Crippen LogP contribution in [0.3, 0.4) is 0 Å². The third kappa shape index (κ3) is 7.83. The summed E-state index contributed by atoms with van der Waals surface area (Å²) in [4.78, 5) is 4.30. The van der Waals surface area contributed by atoms with Gasteiger partial charge in [0.05, 0.1) is 18.7 Å². The minimum absolute atomic E-state index is 0. The number of alkyl halides is 3. The Balaban J connectivity index is 0.00000441. The first-order valence-electron chi connectivity index (χ1n) is 6.64. The van der Waals surface area contributed by atoms with E-state index in [-0.39, 0.29) is 24.0 Å². The van der Waals surface area contributed by atoms with Gasteiger partial charge < -0.3 is 15.4 Å². The number of halogens is 4. The smallest absolute Gasteiger partial charge is 0.383 e. The van der Waals surface area contributed by atoms with Gasteiger partial charge in [0.15, 0.2) is 5.96 Å². The van der Waals surface area contributed by atoms with Crippen LogP contribution in [0.4, 0.5) is 13.2 Å². The highest BCUT2D eigenvalue weighted by Crippen LogP contribution is 2.29. The average molecular weight is 431 g/mol. The molecule has 0 saturated carbocycles. The molecule has 0 aromatic heterocycles. The van der Waals surface area contributed by atoms with Gasteiger partial charge in [0.1, 0.15) is 0 Å². The van der Waals surface area contributed by atoms with E-state index in [1.54, 1.807) is 7.11 Å². The van der Waals surface area contributed by atoms with Gasteiger partial charge in [-0.3, -0.25) is 0 Å². The summed E-state index contributed by atoms with van der Waals surface area (Å²) in [6, 6.07) is 5.00. The van der Waals surface area contributed by atoms with Gasteiger partial charge in [-0.15, -0.1) is 24.0 Å². The van der Waals surface area contributed by atoms with Crippen molar-refractivity contribution in [3.8, 4) is 0 Å². The minimum atomic E-state index is -4.31. The quantitative estimate of drug-likeness (QED) is 0.315. The molecule has 0 saturated heterocycles. The zero-order valence-corrected chi connectivity index (χ0v) is 14.9. The molecule has 0 heterocycles. The number of nitrogens with zero attached hydrogens (tertiary/aromatic N) is 1. The molecular weight excluding hydrogens is 410 g/mol. The lowest BCUT2D eigenvalue weighted by atomic mass is 10.1. The van der Waals surface area contributed by atoms with E-state index in [1.807, 2.05) is 6.92 Å². The van der Waals surface area contributed by atoms with Crippen LogP contribution in [-0.2, 0) is 17.5 Å². The molecule has 1 rings (SSSR count). The Morgan fingerprint density at radius 2 is 1.82 bits per heavy atom. The number of guanidine groups is 1. The van der Waals surface area contributed by atoms with Gasteiger partial charge in [-0.1, -0.05) is 12.1 Å². The maximum absolute atomic E-state index is 12.4. The molecule has 0 spiro atoms. The Morgan fingerprint density at radius 1 is 1.18 bits per heavy atom. The van der Waals surface area contributed by atoms with Crippen LogP contribution in [0, 0.1) is 0 Å². The molecule has 0 radical (unpaired) electrons. The van der Waals surface area contributed by atoms with Crippen molar-refractivity contribution >= 4 is 29.9 Å². The molecule has 1 aromatic rings. The maximum atomic E-state index is 12.4. The summed E-state index contributed by atoms with van der Waals surface area (Å²) in [5.41, 5.74) is 0.0623. The van der Waals surface area contributed by atoms with Crippen molar-refractivity contribution in [3.63, 3.8) is 0 Å². The molecule has 0 aliphatic carbocycles. The van der Waals surface area contributed by atoms with E-state index in [0.717, 1.165) is 12.1 Å². The molecular formula is C14H21F3IN3O. The van der Waals surface area contributed by atoms with Crippen molar-refractivity contribution in [3.05, 3.63) is 35.4 Å². The predicted octanol–water partition coefficient (Wildman–Crippen LogP) is 3.02. The molecule has 0 bridgehead atoms. The van der Waals surface area contributed by atoms with E-state index in [0.29, 0.717) is 37.8 Å². The SMILES string of the molecule is CCNC(=NCc1ccc(C(F)(F)F)cc1)NCCOC.I. The van der Waals surface area contributed by atoms with Crippen LogP contribution in [0.1, 0.15) is 18.1 Å². The molecule has 1 aromatic carbocycles. The Bertz CT molecular complexity index is 450. The second-order valence-electron chi connectivity index (χ2n) is 4.31. The van der Waals surface area contributed by atoms with Gasteiger partial charge in [0.2, 0.25) is 0 Å². The maximum Gasteiger partial charge on any atom is 0.416 e. The first-order chi connectivity index (χ1) is 9.97. The first-order valence-corrected chi connectivity index (χ1v) is 6.64. The number of methoxy groups -OCH3 is 1. The van der Waals surface area contributed by atoms with Gasteiger partial charge in [0, 0.05) is 20.2 Å². The van der Waals surface area contributed by atoms with Gasteiger partial charge in [-0.25, -0.2) is 4.99 Å². The van der Waals surface area contributed by atoms with E-state index in [4.69, 9.17) is 4.74 Å². The number of aliphatic imine (C=N–C) groups is 1. The van der Waals surface area contributed by atoms with Gasteiger partial charge in [0.25, 0.3) is 0 Å². The largest absolute Gasteiger partial charge is 0.416 e. The Labute approximate surface area is 145 Å². The van der Waals surface area contributed by atoms with Crippen molar-refractivity contribution in [1.82, 2.24) is 10.6 Å². The van der Waals surface area contributed by atoms with Crippen molar-refractivity contribution in [2.45, 2.75) is 19.6 Å². The van der Waals surface area contributed by atoms with E-state index in [9.17, 15) is 13.2 Å². The summed E-state index contributed by atoms with van der Waals surface area (Å²) in [6.45, 7) is 4.10. The molecule has 8 heteroatoms. The zero-order chi connectivity index (χ0) is 15.7. The van der Waals surface area contributed by atoms with Gasteiger partial charge in [-0.05, 0) is 24.6 Å². The second kappa shape index (κ2) is 10.7. The molecule has 0 fully saturated rings. The third-order valence-electron chi connectivity index (χ3n) is 2.64. The Morgan fingerprint density at radius 3 is 2.32 bits per heavy atom. The molecule has 0 aliphatic heterocycles. The van der Waals surface area contributed by atoms with Crippen LogP contribution in [0.15, 0.2) is 29.3 Å². The van der Waals surface area contributed by atoms with Crippen molar-refractivity contribution in [1.29, 1.82) is 0 Å². The van der Waals surface area contributed by atoms with Crippen LogP contribution >= 0.6 is 24.0 Å². The summed E-state index contributed by atoms with van der Waals surface area (Å²) in [6.07, 6.45) is -4.31. The Kier molecular flexibility index (Phi) is 10.2. The molecule has 22 heavy (non-hydrogen) atoms. The lowest BCUT2D eigenvalue weighted by Crippen LogP contribution is -2.38. The van der Waals surface area contributed by atoms with E-state index < -0.39 is 11.7 Å². The van der Waals surface area contributed by atoms with Crippen LogP contribution in [0.2, 0.25) is 0 Å². The van der Waals surface area contributed by atoms with E-state index in [1.165, 1.54) is 12.1 Å². The molecule has 0 aliphatic rings. The highest BCUT2D eigenvalue weighted by Gasteiger charge is 2.29. The number of hydrogen-bond acceptors (Lipinski definition) is 2. The van der Waals surface area contributed by atoms with Crippen molar-refractivity contribution in [2.75, 3.05) is 26.8 Å². The summed E-state index contributed by atoms with van der Waals surface area (Å²) in [7, 11) is 1.61. The Hall–Kier alpha value is -1.03. The number of rotatable bonds is 6. The number of nitrogens with one attached hydrogen (secondary N) is 2. The average Bonchev–Trinajstić information content (AvgIpc) is 2.44. The highest BCUT2D eigenvalue weighted by molar-refractivity contribution is 14.0. The normalized spacial score (nSPS) is 11.8. The van der Waals surface area contributed by atoms with Gasteiger partial charge >= 0.3 is 6.18 Å². The molecule has 2 N–H and O–H groups in total. The highest BCUT2D eigenvalue weighted by atomic mass is 127.